The summed E-state index contributed by atoms with van der Waals surface area (Å²) < 4.78 is 1.41. The number of carbonyl (C=O) groups is 1. The normalized spacial score (nSPS) is 10.6. The minimum absolute atomic E-state index is 0.0474. The van der Waals surface area contributed by atoms with E-state index >= 15 is 0 Å². The molecule has 0 saturated heterocycles. The molecule has 0 bridgehead atoms. The van der Waals surface area contributed by atoms with E-state index in [1.165, 1.54) is 34.9 Å². The Morgan fingerprint density at radius 3 is 2.80 bits per heavy atom. The van der Waals surface area contributed by atoms with Crippen molar-refractivity contribution in [1.82, 2.24) is 9.55 Å². The maximum absolute atomic E-state index is 12.6. The number of nitro benzene ring substituents is 1. The highest BCUT2D eigenvalue weighted by atomic mass is 16.6. The molecule has 1 aromatic carbocycles. The van der Waals surface area contributed by atoms with Gasteiger partial charge in [-0.25, -0.2) is 4.98 Å². The first kappa shape index (κ1) is 16.3. The van der Waals surface area contributed by atoms with Gasteiger partial charge in [0.1, 0.15) is 11.2 Å². The van der Waals surface area contributed by atoms with E-state index in [1.54, 1.807) is 25.3 Å². The standard InChI is InChI=1S/C17H14N4O4/c1-2-20-15-11(5-4-8-18-15)9-14(17(20)23)16(22)19-12-6-3-7-13(10-12)21(24)25/h3-10H,2H2,1H3,(H,19,22). The summed E-state index contributed by atoms with van der Waals surface area (Å²) in [6, 6.07) is 10.5. The van der Waals surface area contributed by atoms with Crippen molar-refractivity contribution in [3.8, 4) is 0 Å². The van der Waals surface area contributed by atoms with Crippen LogP contribution in [0.3, 0.4) is 0 Å². The number of aromatic nitrogens is 2. The van der Waals surface area contributed by atoms with Gasteiger partial charge in [-0.15, -0.1) is 0 Å². The monoisotopic (exact) mass is 338 g/mol. The number of hydrogen-bond acceptors (Lipinski definition) is 5. The predicted molar refractivity (Wildman–Crippen MR) is 92.7 cm³/mol. The molecule has 25 heavy (non-hydrogen) atoms. The van der Waals surface area contributed by atoms with E-state index in [9.17, 15) is 19.7 Å². The second-order valence-electron chi connectivity index (χ2n) is 5.29. The fourth-order valence-corrected chi connectivity index (χ4v) is 2.56. The summed E-state index contributed by atoms with van der Waals surface area (Å²) >= 11 is 0. The number of pyridine rings is 2. The number of nitrogens with zero attached hydrogens (tertiary/aromatic N) is 3. The van der Waals surface area contributed by atoms with Crippen molar-refractivity contribution in [2.75, 3.05) is 5.32 Å². The third kappa shape index (κ3) is 3.09. The molecule has 0 spiro atoms. The van der Waals surface area contributed by atoms with Crippen LogP contribution >= 0.6 is 0 Å². The zero-order valence-electron chi connectivity index (χ0n) is 13.3. The second kappa shape index (κ2) is 6.52. The highest BCUT2D eigenvalue weighted by molar-refractivity contribution is 6.05. The maximum Gasteiger partial charge on any atom is 0.271 e. The molecular formula is C17H14N4O4. The largest absolute Gasteiger partial charge is 0.322 e. The number of aryl methyl sites for hydroxylation is 1. The third-order valence-electron chi connectivity index (χ3n) is 3.72. The summed E-state index contributed by atoms with van der Waals surface area (Å²) in [7, 11) is 0. The Balaban J connectivity index is 2.03. The third-order valence-corrected chi connectivity index (χ3v) is 3.72. The molecule has 1 N–H and O–H groups in total. The number of non-ortho nitro benzene ring substituents is 1. The molecule has 8 nitrogen and oxygen atoms in total. The summed E-state index contributed by atoms with van der Waals surface area (Å²) in [6.07, 6.45) is 1.58. The van der Waals surface area contributed by atoms with E-state index in [1.807, 2.05) is 0 Å². The minimum atomic E-state index is -0.626. The van der Waals surface area contributed by atoms with Crippen LogP contribution in [-0.4, -0.2) is 20.4 Å². The molecule has 0 aliphatic rings. The van der Waals surface area contributed by atoms with Crippen LogP contribution in [0.1, 0.15) is 17.3 Å². The maximum atomic E-state index is 12.6. The van der Waals surface area contributed by atoms with Crippen molar-refractivity contribution in [1.29, 1.82) is 0 Å². The van der Waals surface area contributed by atoms with Gasteiger partial charge in [0, 0.05) is 35.9 Å². The van der Waals surface area contributed by atoms with Crippen LogP contribution < -0.4 is 10.9 Å². The fraction of sp³-hybridized carbons (Fsp3) is 0.118. The molecular weight excluding hydrogens is 324 g/mol. The fourth-order valence-electron chi connectivity index (χ4n) is 2.56. The van der Waals surface area contributed by atoms with Gasteiger partial charge in [-0.1, -0.05) is 6.07 Å². The van der Waals surface area contributed by atoms with Crippen molar-refractivity contribution >= 4 is 28.3 Å². The van der Waals surface area contributed by atoms with E-state index in [2.05, 4.69) is 10.3 Å². The molecule has 0 aliphatic carbocycles. The Bertz CT molecular complexity index is 1040. The van der Waals surface area contributed by atoms with Gasteiger partial charge in [-0.2, -0.15) is 0 Å². The number of nitro groups is 1. The molecule has 0 aliphatic heterocycles. The summed E-state index contributed by atoms with van der Waals surface area (Å²) in [6.45, 7) is 2.15. The minimum Gasteiger partial charge on any atom is -0.322 e. The Morgan fingerprint density at radius 1 is 1.28 bits per heavy atom. The Morgan fingerprint density at radius 2 is 2.08 bits per heavy atom. The van der Waals surface area contributed by atoms with Crippen LogP contribution in [0.4, 0.5) is 11.4 Å². The van der Waals surface area contributed by atoms with Gasteiger partial charge in [0.25, 0.3) is 17.2 Å². The number of hydrogen-bond donors (Lipinski definition) is 1. The lowest BCUT2D eigenvalue weighted by atomic mass is 10.2. The highest BCUT2D eigenvalue weighted by Crippen LogP contribution is 2.18. The second-order valence-corrected chi connectivity index (χ2v) is 5.29. The van der Waals surface area contributed by atoms with E-state index in [0.717, 1.165) is 0 Å². The van der Waals surface area contributed by atoms with Crippen molar-refractivity contribution in [2.45, 2.75) is 13.5 Å². The van der Waals surface area contributed by atoms with E-state index in [4.69, 9.17) is 0 Å². The summed E-state index contributed by atoms with van der Waals surface area (Å²) in [5, 5.41) is 14.0. The first-order chi connectivity index (χ1) is 12.0. The number of rotatable bonds is 4. The van der Waals surface area contributed by atoms with Crippen LogP contribution in [0.2, 0.25) is 0 Å². The lowest BCUT2D eigenvalue weighted by molar-refractivity contribution is -0.384. The summed E-state index contributed by atoms with van der Waals surface area (Å²) in [4.78, 5) is 39.5. The first-order valence-corrected chi connectivity index (χ1v) is 7.55. The van der Waals surface area contributed by atoms with Gasteiger partial charge in [0.15, 0.2) is 0 Å². The SMILES string of the molecule is CCn1c(=O)c(C(=O)Nc2cccc([N+](=O)[O-])c2)cc2cccnc21. The van der Waals surface area contributed by atoms with Crippen LogP contribution in [-0.2, 0) is 6.54 Å². The topological polar surface area (TPSA) is 107 Å². The number of benzene rings is 1. The Labute approximate surface area is 141 Å². The van der Waals surface area contributed by atoms with Crippen molar-refractivity contribution in [2.24, 2.45) is 0 Å². The number of fused-ring (bicyclic) bond motifs is 1. The van der Waals surface area contributed by atoms with Crippen LogP contribution in [0.5, 0.6) is 0 Å². The predicted octanol–water partition coefficient (Wildman–Crippen LogP) is 2.58. The Kier molecular flexibility index (Phi) is 4.25. The molecule has 3 aromatic rings. The number of carbonyl (C=O) groups excluding carboxylic acids is 1. The number of amides is 1. The van der Waals surface area contributed by atoms with Crippen LogP contribution in [0.15, 0.2) is 53.5 Å². The molecule has 126 valence electrons. The number of anilines is 1. The molecule has 0 radical (unpaired) electrons. The summed E-state index contributed by atoms with van der Waals surface area (Å²) in [5.41, 5.74) is 0.0896. The molecule has 0 unspecified atom stereocenters. The van der Waals surface area contributed by atoms with Gasteiger partial charge < -0.3 is 5.32 Å². The van der Waals surface area contributed by atoms with Crippen LogP contribution in [0.25, 0.3) is 11.0 Å². The lowest BCUT2D eigenvalue weighted by Gasteiger charge is -2.10. The smallest absolute Gasteiger partial charge is 0.271 e. The highest BCUT2D eigenvalue weighted by Gasteiger charge is 2.16. The van der Waals surface area contributed by atoms with E-state index < -0.39 is 16.4 Å². The average Bonchev–Trinajstić information content (AvgIpc) is 2.61. The van der Waals surface area contributed by atoms with Crippen molar-refractivity contribution < 1.29 is 9.72 Å². The van der Waals surface area contributed by atoms with Gasteiger partial charge in [0.05, 0.1) is 4.92 Å². The van der Waals surface area contributed by atoms with Crippen LogP contribution in [0, 0.1) is 10.1 Å². The molecule has 2 heterocycles. The van der Waals surface area contributed by atoms with Gasteiger partial charge in [0.2, 0.25) is 0 Å². The van der Waals surface area contributed by atoms with E-state index in [-0.39, 0.29) is 16.9 Å². The van der Waals surface area contributed by atoms with Gasteiger partial charge in [-0.3, -0.25) is 24.3 Å². The quantitative estimate of drug-likeness (QED) is 0.581. The zero-order chi connectivity index (χ0) is 18.0. The molecule has 0 atom stereocenters. The first-order valence-electron chi connectivity index (χ1n) is 7.55. The Hall–Kier alpha value is -3.55. The molecule has 1 amide bonds. The molecule has 2 aromatic heterocycles. The average molecular weight is 338 g/mol. The van der Waals surface area contributed by atoms with Gasteiger partial charge in [-0.05, 0) is 31.2 Å². The van der Waals surface area contributed by atoms with Crippen molar-refractivity contribution in [3.05, 3.63) is 74.7 Å². The lowest BCUT2D eigenvalue weighted by Crippen LogP contribution is -2.29. The summed E-state index contributed by atoms with van der Waals surface area (Å²) in [5.74, 6) is -0.626. The van der Waals surface area contributed by atoms with E-state index in [0.29, 0.717) is 17.6 Å². The molecule has 3 rings (SSSR count). The van der Waals surface area contributed by atoms with Gasteiger partial charge >= 0.3 is 0 Å². The van der Waals surface area contributed by atoms with Crippen molar-refractivity contribution in [3.63, 3.8) is 0 Å². The molecule has 8 heteroatoms. The zero-order valence-corrected chi connectivity index (χ0v) is 13.3. The molecule has 0 saturated carbocycles. The molecule has 0 fully saturated rings. The number of nitrogens with one attached hydrogen (secondary N) is 1.